The molecule has 0 radical (unpaired) electrons. The molecule has 0 saturated carbocycles. The number of nitrogens with two attached hydrogens (primary N) is 1. The van der Waals surface area contributed by atoms with Gasteiger partial charge in [0.05, 0.1) is 23.5 Å². The fourth-order valence-electron chi connectivity index (χ4n) is 4.10. The monoisotopic (exact) mass is 398 g/mol. The van der Waals surface area contributed by atoms with Crippen LogP contribution in [-0.2, 0) is 7.05 Å². The Bertz CT molecular complexity index is 1240. The van der Waals surface area contributed by atoms with Gasteiger partial charge in [-0.1, -0.05) is 0 Å². The number of aromatic nitrogens is 5. The number of aryl methyl sites for hydroxylation is 1. The van der Waals surface area contributed by atoms with Gasteiger partial charge in [0.2, 0.25) is 0 Å². The van der Waals surface area contributed by atoms with E-state index >= 15 is 0 Å². The molecule has 1 aliphatic rings. The zero-order valence-electron chi connectivity index (χ0n) is 16.7. The van der Waals surface area contributed by atoms with Crippen molar-refractivity contribution in [3.8, 4) is 28.3 Å². The van der Waals surface area contributed by atoms with Gasteiger partial charge in [-0.2, -0.15) is 15.5 Å². The van der Waals surface area contributed by atoms with Gasteiger partial charge < -0.3 is 10.6 Å². The highest BCUT2D eigenvalue weighted by Gasteiger charge is 2.19. The molecule has 1 saturated heterocycles. The average molecular weight is 398 g/mol. The summed E-state index contributed by atoms with van der Waals surface area (Å²) < 4.78 is 3.52. The summed E-state index contributed by atoms with van der Waals surface area (Å²) in [6.07, 6.45) is 11.3. The second-order valence-corrected chi connectivity index (χ2v) is 7.76. The molecule has 30 heavy (non-hydrogen) atoms. The minimum Gasteiger partial charge on any atom is -0.355 e. The van der Waals surface area contributed by atoms with Gasteiger partial charge in [-0.25, -0.2) is 9.50 Å². The van der Waals surface area contributed by atoms with Crippen molar-refractivity contribution in [1.29, 1.82) is 5.26 Å². The largest absolute Gasteiger partial charge is 0.355 e. The third kappa shape index (κ3) is 3.19. The second kappa shape index (κ2) is 7.28. The maximum Gasteiger partial charge on any atom is 0.128 e. The van der Waals surface area contributed by atoms with E-state index in [2.05, 4.69) is 33.3 Å². The maximum atomic E-state index is 9.57. The van der Waals surface area contributed by atoms with Crippen LogP contribution >= 0.6 is 0 Å². The smallest absolute Gasteiger partial charge is 0.128 e. The van der Waals surface area contributed by atoms with Crippen molar-refractivity contribution in [2.45, 2.75) is 18.9 Å². The summed E-state index contributed by atoms with van der Waals surface area (Å²) in [7, 11) is 1.89. The zero-order chi connectivity index (χ0) is 20.7. The van der Waals surface area contributed by atoms with Crippen LogP contribution in [0.4, 0.5) is 5.82 Å². The second-order valence-electron chi connectivity index (χ2n) is 7.76. The van der Waals surface area contributed by atoms with Crippen LogP contribution in [0.3, 0.4) is 0 Å². The average Bonchev–Trinajstić information content (AvgIpc) is 3.39. The van der Waals surface area contributed by atoms with Crippen LogP contribution in [-0.4, -0.2) is 43.5 Å². The van der Waals surface area contributed by atoms with Crippen molar-refractivity contribution in [3.63, 3.8) is 0 Å². The predicted octanol–water partition coefficient (Wildman–Crippen LogP) is 2.60. The number of anilines is 1. The van der Waals surface area contributed by atoms with E-state index in [9.17, 15) is 5.26 Å². The SMILES string of the molecule is Cn1cc(-c2cc(-c3ccc(N4CCC[C@H](N)C4)nc3)c3c(C#N)cnn3c2)cn1. The van der Waals surface area contributed by atoms with E-state index in [0.717, 1.165) is 59.5 Å². The first-order chi connectivity index (χ1) is 14.6. The van der Waals surface area contributed by atoms with Gasteiger partial charge in [-0.3, -0.25) is 4.68 Å². The van der Waals surface area contributed by atoms with Crippen LogP contribution in [0.15, 0.2) is 49.2 Å². The van der Waals surface area contributed by atoms with E-state index in [-0.39, 0.29) is 6.04 Å². The molecule has 0 unspecified atom stereocenters. The molecule has 0 bridgehead atoms. The number of nitriles is 1. The van der Waals surface area contributed by atoms with E-state index in [0.29, 0.717) is 5.56 Å². The van der Waals surface area contributed by atoms with E-state index in [1.165, 1.54) is 0 Å². The summed E-state index contributed by atoms with van der Waals surface area (Å²) in [6, 6.07) is 8.60. The lowest BCUT2D eigenvalue weighted by Gasteiger charge is -2.31. The van der Waals surface area contributed by atoms with Crippen LogP contribution in [0.2, 0.25) is 0 Å². The number of hydrogen-bond donors (Lipinski definition) is 1. The third-order valence-corrected chi connectivity index (χ3v) is 5.61. The van der Waals surface area contributed by atoms with Crippen LogP contribution in [0.25, 0.3) is 27.8 Å². The molecule has 0 aliphatic carbocycles. The van der Waals surface area contributed by atoms with Crippen LogP contribution in [0.1, 0.15) is 18.4 Å². The molecule has 4 aromatic rings. The Morgan fingerprint density at radius 1 is 1.10 bits per heavy atom. The lowest BCUT2D eigenvalue weighted by atomic mass is 10.0. The first kappa shape index (κ1) is 18.3. The molecule has 8 heteroatoms. The molecule has 8 nitrogen and oxygen atoms in total. The first-order valence-corrected chi connectivity index (χ1v) is 10.00. The Morgan fingerprint density at radius 2 is 2.00 bits per heavy atom. The van der Waals surface area contributed by atoms with E-state index in [1.807, 2.05) is 37.9 Å². The number of piperidine rings is 1. The lowest BCUT2D eigenvalue weighted by molar-refractivity contribution is 0.503. The van der Waals surface area contributed by atoms with Crippen molar-refractivity contribution < 1.29 is 0 Å². The van der Waals surface area contributed by atoms with Crippen molar-refractivity contribution in [2.75, 3.05) is 18.0 Å². The molecule has 0 amide bonds. The summed E-state index contributed by atoms with van der Waals surface area (Å²) in [4.78, 5) is 6.94. The summed E-state index contributed by atoms with van der Waals surface area (Å²) in [5, 5.41) is 18.2. The zero-order valence-corrected chi connectivity index (χ0v) is 16.7. The third-order valence-electron chi connectivity index (χ3n) is 5.61. The van der Waals surface area contributed by atoms with E-state index in [4.69, 9.17) is 10.7 Å². The minimum absolute atomic E-state index is 0.195. The van der Waals surface area contributed by atoms with Gasteiger partial charge >= 0.3 is 0 Å². The Hall–Kier alpha value is -3.70. The molecule has 1 atom stereocenters. The normalized spacial score (nSPS) is 16.7. The molecule has 4 aromatic heterocycles. The summed E-state index contributed by atoms with van der Waals surface area (Å²) in [6.45, 7) is 1.80. The van der Waals surface area contributed by atoms with Gasteiger partial charge in [0.25, 0.3) is 0 Å². The van der Waals surface area contributed by atoms with Gasteiger partial charge in [-0.05, 0) is 31.0 Å². The number of rotatable bonds is 3. The predicted molar refractivity (Wildman–Crippen MR) is 115 cm³/mol. The van der Waals surface area contributed by atoms with Crippen LogP contribution < -0.4 is 10.6 Å². The number of nitrogens with zero attached hydrogens (tertiary/aromatic N) is 7. The Labute approximate surface area is 174 Å². The molecule has 0 spiro atoms. The molecule has 2 N–H and O–H groups in total. The molecular weight excluding hydrogens is 376 g/mol. The Morgan fingerprint density at radius 3 is 2.70 bits per heavy atom. The Kier molecular flexibility index (Phi) is 4.45. The molecule has 5 rings (SSSR count). The van der Waals surface area contributed by atoms with Crippen LogP contribution in [0, 0.1) is 11.3 Å². The van der Waals surface area contributed by atoms with Gasteiger partial charge in [0.1, 0.15) is 11.9 Å². The molecule has 1 fully saturated rings. The fourth-order valence-corrected chi connectivity index (χ4v) is 4.10. The Balaban J connectivity index is 1.60. The van der Waals surface area contributed by atoms with Crippen molar-refractivity contribution >= 4 is 11.3 Å². The maximum absolute atomic E-state index is 9.57. The van der Waals surface area contributed by atoms with E-state index in [1.54, 1.807) is 15.4 Å². The number of pyridine rings is 2. The molecular formula is C22H22N8. The molecule has 150 valence electrons. The first-order valence-electron chi connectivity index (χ1n) is 10.00. The number of fused-ring (bicyclic) bond motifs is 1. The minimum atomic E-state index is 0.195. The van der Waals surface area contributed by atoms with Gasteiger partial charge in [0, 0.05) is 67.0 Å². The van der Waals surface area contributed by atoms with Crippen molar-refractivity contribution in [3.05, 3.63) is 54.7 Å². The summed E-state index contributed by atoms with van der Waals surface area (Å²) >= 11 is 0. The number of hydrogen-bond acceptors (Lipinski definition) is 6. The summed E-state index contributed by atoms with van der Waals surface area (Å²) in [5.74, 6) is 0.933. The highest BCUT2D eigenvalue weighted by molar-refractivity contribution is 5.87. The van der Waals surface area contributed by atoms with Gasteiger partial charge in [-0.15, -0.1) is 0 Å². The van der Waals surface area contributed by atoms with Crippen molar-refractivity contribution in [1.82, 2.24) is 24.4 Å². The highest BCUT2D eigenvalue weighted by Crippen LogP contribution is 2.32. The molecule has 1 aliphatic heterocycles. The van der Waals surface area contributed by atoms with Gasteiger partial charge in [0.15, 0.2) is 0 Å². The van der Waals surface area contributed by atoms with E-state index < -0.39 is 0 Å². The topological polar surface area (TPSA) is 101 Å². The van der Waals surface area contributed by atoms with Crippen molar-refractivity contribution in [2.24, 2.45) is 12.8 Å². The standard InChI is InChI=1S/C22H22N8/c1-28-12-18(11-26-28)16-7-20(22-17(8-23)10-27-30(22)13-16)15-4-5-21(25-9-15)29-6-2-3-19(24)14-29/h4-5,7,9-13,19H,2-3,6,14,24H2,1H3/t19-/m0/s1. The lowest BCUT2D eigenvalue weighted by Crippen LogP contribution is -2.43. The highest BCUT2D eigenvalue weighted by atomic mass is 15.2. The molecule has 5 heterocycles. The summed E-state index contributed by atoms with van der Waals surface area (Å²) in [5.41, 5.74) is 11.3. The molecule has 0 aromatic carbocycles. The van der Waals surface area contributed by atoms with Crippen LogP contribution in [0.5, 0.6) is 0 Å². The quantitative estimate of drug-likeness (QED) is 0.569. The fraction of sp³-hybridized carbons (Fsp3) is 0.273.